The van der Waals surface area contributed by atoms with Gasteiger partial charge in [-0.3, -0.25) is 0 Å². The molecule has 0 aliphatic carbocycles. The second kappa shape index (κ2) is 7.34. The van der Waals surface area contributed by atoms with Gasteiger partial charge in [0, 0.05) is 11.1 Å². The van der Waals surface area contributed by atoms with Crippen LogP contribution in [0.3, 0.4) is 0 Å². The van der Waals surface area contributed by atoms with E-state index in [1.54, 1.807) is 21.9 Å². The maximum absolute atomic E-state index is 13.0. The minimum atomic E-state index is -0.150. The fourth-order valence-corrected chi connectivity index (χ4v) is 3.84. The molecule has 1 aliphatic heterocycles. The average molecular weight is 336 g/mol. The lowest BCUT2D eigenvalue weighted by atomic mass is 10.1. The van der Waals surface area contributed by atoms with E-state index in [2.05, 4.69) is 42.5 Å². The van der Waals surface area contributed by atoms with Gasteiger partial charge in [0.25, 0.3) is 0 Å². The smallest absolute Gasteiger partial charge is 0.127 e. The number of benzene rings is 3. The monoisotopic (exact) mass is 336 g/mol. The maximum atomic E-state index is 13.0. The van der Waals surface area contributed by atoms with Crippen LogP contribution in [-0.4, -0.2) is 26.2 Å². The number of nitrogens with one attached hydrogen (secondary N) is 2. The summed E-state index contributed by atoms with van der Waals surface area (Å²) in [4.78, 5) is 3.27. The molecule has 1 saturated heterocycles. The van der Waals surface area contributed by atoms with Crippen LogP contribution >= 0.6 is 0 Å². The van der Waals surface area contributed by atoms with Gasteiger partial charge in [-0.05, 0) is 29.0 Å². The summed E-state index contributed by atoms with van der Waals surface area (Å²) in [6, 6.07) is 22.4. The molecule has 3 aromatic carbocycles. The van der Waals surface area contributed by atoms with Crippen LogP contribution in [0.5, 0.6) is 0 Å². The van der Waals surface area contributed by atoms with Crippen LogP contribution < -0.4 is 9.80 Å². The lowest BCUT2D eigenvalue weighted by Gasteiger charge is -2.29. The number of quaternary nitrogens is 2. The first-order valence-corrected chi connectivity index (χ1v) is 9.15. The van der Waals surface area contributed by atoms with E-state index >= 15 is 0 Å². The predicted octanol–water partition coefficient (Wildman–Crippen LogP) is 1.46. The number of hydrogen-bond donors (Lipinski definition) is 2. The normalized spacial score (nSPS) is 20.7. The Bertz CT molecular complexity index is 836. The highest BCUT2D eigenvalue weighted by Gasteiger charge is 2.23. The van der Waals surface area contributed by atoms with Crippen LogP contribution in [0.4, 0.5) is 4.39 Å². The summed E-state index contributed by atoms with van der Waals surface area (Å²) < 4.78 is 13.0. The topological polar surface area (TPSA) is 8.88 Å². The second-order valence-corrected chi connectivity index (χ2v) is 7.16. The van der Waals surface area contributed by atoms with E-state index < -0.39 is 0 Å². The van der Waals surface area contributed by atoms with Gasteiger partial charge in [0.2, 0.25) is 0 Å². The van der Waals surface area contributed by atoms with Gasteiger partial charge in [0.05, 0.1) is 0 Å². The van der Waals surface area contributed by atoms with Crippen LogP contribution in [0, 0.1) is 5.82 Å². The van der Waals surface area contributed by atoms with Gasteiger partial charge < -0.3 is 9.80 Å². The van der Waals surface area contributed by atoms with Gasteiger partial charge in [-0.1, -0.05) is 48.5 Å². The molecule has 4 rings (SSSR count). The van der Waals surface area contributed by atoms with Gasteiger partial charge in [-0.2, -0.15) is 0 Å². The van der Waals surface area contributed by atoms with E-state index in [4.69, 9.17) is 0 Å². The molecule has 1 aliphatic rings. The summed E-state index contributed by atoms with van der Waals surface area (Å²) >= 11 is 0. The Labute approximate surface area is 148 Å². The summed E-state index contributed by atoms with van der Waals surface area (Å²) in [5, 5.41) is 2.65. The zero-order valence-corrected chi connectivity index (χ0v) is 14.5. The van der Waals surface area contributed by atoms with Crippen molar-refractivity contribution in [3.8, 4) is 0 Å². The average Bonchev–Trinajstić information content (AvgIpc) is 2.65. The third-order valence-corrected chi connectivity index (χ3v) is 5.30. The molecular formula is C22H25FN2+2. The van der Waals surface area contributed by atoms with Crippen LogP contribution in [0.2, 0.25) is 0 Å². The molecule has 0 saturated carbocycles. The quantitative estimate of drug-likeness (QED) is 0.714. The van der Waals surface area contributed by atoms with Crippen molar-refractivity contribution in [2.75, 3.05) is 26.2 Å². The standard InChI is InChI=1S/C22H23FN2/c23-22-9-6-18(7-10-22)16-24-11-13-25(14-12-24)17-19-5-8-20-3-1-2-4-21(20)15-19/h1-10,15H,11-14,16-17H2/p+2. The fraction of sp³-hybridized carbons (Fsp3) is 0.273. The Morgan fingerprint density at radius 2 is 1.20 bits per heavy atom. The first-order valence-electron chi connectivity index (χ1n) is 9.15. The van der Waals surface area contributed by atoms with E-state index in [9.17, 15) is 4.39 Å². The predicted molar refractivity (Wildman–Crippen MR) is 99.1 cm³/mol. The molecular weight excluding hydrogens is 311 g/mol. The summed E-state index contributed by atoms with van der Waals surface area (Å²) in [5.74, 6) is -0.150. The molecule has 3 heteroatoms. The Morgan fingerprint density at radius 3 is 1.88 bits per heavy atom. The molecule has 128 valence electrons. The lowest BCUT2D eigenvalue weighted by molar-refractivity contribution is -1.02. The SMILES string of the molecule is Fc1ccc(C[NH+]2CC[NH+](Cc3ccc4ccccc4c3)CC2)cc1. The molecule has 25 heavy (non-hydrogen) atoms. The first-order chi connectivity index (χ1) is 12.3. The van der Waals surface area contributed by atoms with Crippen molar-refractivity contribution in [2.24, 2.45) is 0 Å². The Hall–Kier alpha value is -2.23. The molecule has 0 radical (unpaired) electrons. The van der Waals surface area contributed by atoms with E-state index in [-0.39, 0.29) is 5.82 Å². The molecule has 0 spiro atoms. The number of fused-ring (bicyclic) bond motifs is 1. The van der Waals surface area contributed by atoms with Gasteiger partial charge in [-0.15, -0.1) is 0 Å². The first kappa shape index (κ1) is 16.2. The molecule has 0 unspecified atom stereocenters. The second-order valence-electron chi connectivity index (χ2n) is 7.16. The fourth-order valence-electron chi connectivity index (χ4n) is 3.84. The van der Waals surface area contributed by atoms with Gasteiger partial charge in [0.15, 0.2) is 0 Å². The number of halogens is 1. The number of rotatable bonds is 4. The minimum Gasteiger partial charge on any atom is -0.322 e. The molecule has 2 nitrogen and oxygen atoms in total. The van der Waals surface area contributed by atoms with Crippen LogP contribution in [0.1, 0.15) is 11.1 Å². The van der Waals surface area contributed by atoms with Crippen molar-refractivity contribution in [2.45, 2.75) is 13.1 Å². The maximum Gasteiger partial charge on any atom is 0.127 e. The summed E-state index contributed by atoms with van der Waals surface area (Å²) in [7, 11) is 0. The van der Waals surface area contributed by atoms with Crippen LogP contribution in [0.25, 0.3) is 10.8 Å². The van der Waals surface area contributed by atoms with Crippen molar-refractivity contribution >= 4 is 10.8 Å². The molecule has 1 heterocycles. The van der Waals surface area contributed by atoms with Crippen molar-refractivity contribution in [1.29, 1.82) is 0 Å². The molecule has 0 amide bonds. The van der Waals surface area contributed by atoms with Crippen molar-refractivity contribution < 1.29 is 14.2 Å². The number of piperazine rings is 1. The summed E-state index contributed by atoms with van der Waals surface area (Å²) in [6.45, 7) is 6.87. The minimum absolute atomic E-state index is 0.150. The third-order valence-electron chi connectivity index (χ3n) is 5.30. The van der Waals surface area contributed by atoms with Crippen molar-refractivity contribution in [3.05, 3.63) is 83.7 Å². The zero-order chi connectivity index (χ0) is 17.1. The van der Waals surface area contributed by atoms with E-state index in [0.29, 0.717) is 0 Å². The van der Waals surface area contributed by atoms with Crippen molar-refractivity contribution in [1.82, 2.24) is 0 Å². The largest absolute Gasteiger partial charge is 0.322 e. The van der Waals surface area contributed by atoms with E-state index in [1.165, 1.54) is 48.1 Å². The van der Waals surface area contributed by atoms with Gasteiger partial charge in [0.1, 0.15) is 45.1 Å². The lowest BCUT2D eigenvalue weighted by Crippen LogP contribution is -3.27. The molecule has 0 bridgehead atoms. The Balaban J connectivity index is 1.32. The number of hydrogen-bond acceptors (Lipinski definition) is 0. The summed E-state index contributed by atoms with van der Waals surface area (Å²) in [5.41, 5.74) is 2.66. The van der Waals surface area contributed by atoms with E-state index in [0.717, 1.165) is 13.1 Å². The zero-order valence-electron chi connectivity index (χ0n) is 14.5. The third kappa shape index (κ3) is 4.06. The van der Waals surface area contributed by atoms with Gasteiger partial charge in [-0.25, -0.2) is 4.39 Å². The van der Waals surface area contributed by atoms with Crippen molar-refractivity contribution in [3.63, 3.8) is 0 Å². The Kier molecular flexibility index (Phi) is 4.77. The highest BCUT2D eigenvalue weighted by molar-refractivity contribution is 5.82. The summed E-state index contributed by atoms with van der Waals surface area (Å²) in [6.07, 6.45) is 0. The highest BCUT2D eigenvalue weighted by atomic mass is 19.1. The molecule has 0 aromatic heterocycles. The van der Waals surface area contributed by atoms with Crippen LogP contribution in [-0.2, 0) is 13.1 Å². The van der Waals surface area contributed by atoms with E-state index in [1.807, 2.05) is 12.1 Å². The molecule has 3 aromatic rings. The molecule has 0 atom stereocenters. The van der Waals surface area contributed by atoms with Gasteiger partial charge >= 0.3 is 0 Å². The molecule has 1 fully saturated rings. The van der Waals surface area contributed by atoms with Crippen LogP contribution in [0.15, 0.2) is 66.7 Å². The molecule has 2 N–H and O–H groups in total. The highest BCUT2D eigenvalue weighted by Crippen LogP contribution is 2.15. The Morgan fingerprint density at radius 1 is 0.640 bits per heavy atom.